The molecule has 1 atom stereocenters. The molecule has 3 N–H and O–H groups in total. The molecule has 7 heteroatoms. The Morgan fingerprint density at radius 1 is 1.00 bits per heavy atom. The van der Waals surface area contributed by atoms with Crippen molar-refractivity contribution in [2.45, 2.75) is 51.7 Å². The highest BCUT2D eigenvalue weighted by atomic mass is 16.2. The van der Waals surface area contributed by atoms with Crippen LogP contribution in [0.1, 0.15) is 54.2 Å². The molecule has 0 saturated carbocycles. The molecule has 0 aliphatic carbocycles. The Morgan fingerprint density at radius 3 is 2.47 bits per heavy atom. The summed E-state index contributed by atoms with van der Waals surface area (Å²) in [5.41, 5.74) is 3.44. The van der Waals surface area contributed by atoms with Crippen molar-refractivity contribution in [3.05, 3.63) is 65.4 Å². The van der Waals surface area contributed by atoms with E-state index in [0.29, 0.717) is 12.2 Å². The molecule has 1 aliphatic rings. The van der Waals surface area contributed by atoms with Crippen LogP contribution in [0, 0.1) is 0 Å². The molecule has 2 aromatic carbocycles. The highest BCUT2D eigenvalue weighted by molar-refractivity contribution is 6.05. The third kappa shape index (κ3) is 5.34. The number of hydrogen-bond acceptors (Lipinski definition) is 4. The summed E-state index contributed by atoms with van der Waals surface area (Å²) >= 11 is 0. The van der Waals surface area contributed by atoms with Crippen molar-refractivity contribution in [3.8, 4) is 0 Å². The lowest BCUT2D eigenvalue weighted by molar-refractivity contribution is -0.122. The molecule has 1 saturated heterocycles. The molecule has 32 heavy (non-hydrogen) atoms. The Kier molecular flexibility index (Phi) is 7.17. The molecular weight excluding hydrogens is 402 g/mol. The fourth-order valence-electron chi connectivity index (χ4n) is 4.22. The Labute approximate surface area is 188 Å². The molecule has 1 fully saturated rings. The summed E-state index contributed by atoms with van der Waals surface area (Å²) in [6.07, 6.45) is 5.13. The molecule has 0 radical (unpaired) electrons. The van der Waals surface area contributed by atoms with Gasteiger partial charge in [-0.25, -0.2) is 0 Å². The SMILES string of the molecule is CC(NC(=O)c1n[nH]c2ccccc12)C(=O)NCc1ccccc1CN1CCCCCC1. The fraction of sp³-hybridized carbons (Fsp3) is 0.400. The van der Waals surface area contributed by atoms with Crippen molar-refractivity contribution in [3.63, 3.8) is 0 Å². The highest BCUT2D eigenvalue weighted by Gasteiger charge is 2.20. The molecule has 168 valence electrons. The van der Waals surface area contributed by atoms with Gasteiger partial charge in [-0.1, -0.05) is 55.3 Å². The third-order valence-corrected chi connectivity index (χ3v) is 6.09. The normalized spacial score (nSPS) is 15.8. The summed E-state index contributed by atoms with van der Waals surface area (Å²) in [6, 6.07) is 15.0. The lowest BCUT2D eigenvalue weighted by Crippen LogP contribution is -2.44. The molecule has 2 heterocycles. The Hall–Kier alpha value is -3.19. The van der Waals surface area contributed by atoms with Crippen LogP contribution < -0.4 is 10.6 Å². The molecule has 1 aromatic heterocycles. The van der Waals surface area contributed by atoms with E-state index >= 15 is 0 Å². The van der Waals surface area contributed by atoms with Crippen LogP contribution in [0.5, 0.6) is 0 Å². The minimum absolute atomic E-state index is 0.220. The van der Waals surface area contributed by atoms with Crippen LogP contribution >= 0.6 is 0 Å². The van der Waals surface area contributed by atoms with Crippen LogP contribution in [-0.2, 0) is 17.9 Å². The van der Waals surface area contributed by atoms with Gasteiger partial charge in [-0.05, 0) is 50.0 Å². The summed E-state index contributed by atoms with van der Waals surface area (Å²) in [7, 11) is 0. The molecule has 2 amide bonds. The average Bonchev–Trinajstić information content (AvgIpc) is 3.08. The number of nitrogens with one attached hydrogen (secondary N) is 3. The zero-order chi connectivity index (χ0) is 22.3. The van der Waals surface area contributed by atoms with Gasteiger partial charge >= 0.3 is 0 Å². The van der Waals surface area contributed by atoms with Crippen LogP contribution in [0.2, 0.25) is 0 Å². The van der Waals surface area contributed by atoms with E-state index in [1.807, 2.05) is 30.3 Å². The highest BCUT2D eigenvalue weighted by Crippen LogP contribution is 2.17. The molecule has 1 unspecified atom stereocenters. The molecule has 0 spiro atoms. The van der Waals surface area contributed by atoms with E-state index in [0.717, 1.165) is 36.1 Å². The van der Waals surface area contributed by atoms with Crippen LogP contribution in [0.15, 0.2) is 48.5 Å². The maximum absolute atomic E-state index is 12.7. The second-order valence-corrected chi connectivity index (χ2v) is 8.49. The number of carbonyl (C=O) groups excluding carboxylic acids is 2. The molecule has 7 nitrogen and oxygen atoms in total. The third-order valence-electron chi connectivity index (χ3n) is 6.09. The Bertz CT molecular complexity index is 1070. The summed E-state index contributed by atoms with van der Waals surface area (Å²) < 4.78 is 0. The van der Waals surface area contributed by atoms with E-state index < -0.39 is 6.04 Å². The number of amides is 2. The molecular formula is C25H31N5O2. The standard InChI is InChI=1S/C25H31N5O2/c1-18(27-25(32)23-21-12-6-7-13-22(21)28-29-23)24(31)26-16-19-10-4-5-11-20(19)17-30-14-8-2-3-9-15-30/h4-7,10-13,18H,2-3,8-9,14-17H2,1H3,(H,26,31)(H,27,32)(H,28,29). The molecule has 1 aliphatic heterocycles. The number of benzene rings is 2. The Balaban J connectivity index is 1.33. The van der Waals surface area contributed by atoms with Gasteiger partial charge in [0, 0.05) is 18.5 Å². The number of rotatable bonds is 7. The predicted octanol–water partition coefficient (Wildman–Crippen LogP) is 3.37. The van der Waals surface area contributed by atoms with E-state index in [2.05, 4.69) is 43.9 Å². The predicted molar refractivity (Wildman–Crippen MR) is 125 cm³/mol. The lowest BCUT2D eigenvalue weighted by Gasteiger charge is -2.22. The number of aromatic nitrogens is 2. The van der Waals surface area contributed by atoms with Gasteiger partial charge in [0.25, 0.3) is 5.91 Å². The van der Waals surface area contributed by atoms with Gasteiger partial charge in [0.15, 0.2) is 5.69 Å². The molecule has 0 bridgehead atoms. The largest absolute Gasteiger partial charge is 0.350 e. The second kappa shape index (κ2) is 10.4. The van der Waals surface area contributed by atoms with Gasteiger partial charge in [-0.2, -0.15) is 5.10 Å². The van der Waals surface area contributed by atoms with Crippen molar-refractivity contribution >= 4 is 22.7 Å². The first-order chi connectivity index (χ1) is 15.6. The van der Waals surface area contributed by atoms with E-state index in [-0.39, 0.29) is 11.8 Å². The first-order valence-corrected chi connectivity index (χ1v) is 11.4. The first-order valence-electron chi connectivity index (χ1n) is 11.4. The van der Waals surface area contributed by atoms with Crippen LogP contribution in [0.3, 0.4) is 0 Å². The monoisotopic (exact) mass is 433 g/mol. The van der Waals surface area contributed by atoms with E-state index in [9.17, 15) is 9.59 Å². The lowest BCUT2D eigenvalue weighted by atomic mass is 10.1. The van der Waals surface area contributed by atoms with Gasteiger partial charge < -0.3 is 10.6 Å². The number of H-pyrrole nitrogens is 1. The van der Waals surface area contributed by atoms with Gasteiger partial charge in [0.2, 0.25) is 5.91 Å². The van der Waals surface area contributed by atoms with Gasteiger partial charge in [-0.15, -0.1) is 0 Å². The first kappa shape index (κ1) is 22.0. The van der Waals surface area contributed by atoms with Crippen molar-refractivity contribution < 1.29 is 9.59 Å². The number of nitrogens with zero attached hydrogens (tertiary/aromatic N) is 2. The smallest absolute Gasteiger partial charge is 0.273 e. The minimum atomic E-state index is -0.671. The number of fused-ring (bicyclic) bond motifs is 1. The minimum Gasteiger partial charge on any atom is -0.350 e. The Morgan fingerprint density at radius 2 is 1.69 bits per heavy atom. The summed E-state index contributed by atoms with van der Waals surface area (Å²) in [5.74, 6) is -0.588. The fourth-order valence-corrected chi connectivity index (χ4v) is 4.22. The van der Waals surface area contributed by atoms with E-state index in [1.165, 1.54) is 31.2 Å². The summed E-state index contributed by atoms with van der Waals surface area (Å²) in [4.78, 5) is 27.8. The quantitative estimate of drug-likeness (QED) is 0.533. The van der Waals surface area contributed by atoms with Gasteiger partial charge in [0.1, 0.15) is 6.04 Å². The van der Waals surface area contributed by atoms with Crippen molar-refractivity contribution in [1.29, 1.82) is 0 Å². The molecule has 4 rings (SSSR count). The topological polar surface area (TPSA) is 90.1 Å². The van der Waals surface area contributed by atoms with Crippen LogP contribution in [0.4, 0.5) is 0 Å². The maximum atomic E-state index is 12.7. The van der Waals surface area contributed by atoms with E-state index in [4.69, 9.17) is 0 Å². The number of carbonyl (C=O) groups is 2. The van der Waals surface area contributed by atoms with Crippen molar-refractivity contribution in [2.24, 2.45) is 0 Å². The maximum Gasteiger partial charge on any atom is 0.273 e. The zero-order valence-electron chi connectivity index (χ0n) is 18.6. The number of likely N-dealkylation sites (tertiary alicyclic amines) is 1. The number of para-hydroxylation sites is 1. The van der Waals surface area contributed by atoms with Crippen LogP contribution in [-0.4, -0.2) is 46.0 Å². The van der Waals surface area contributed by atoms with Crippen molar-refractivity contribution in [2.75, 3.05) is 13.1 Å². The van der Waals surface area contributed by atoms with Crippen LogP contribution in [0.25, 0.3) is 10.9 Å². The van der Waals surface area contributed by atoms with Crippen molar-refractivity contribution in [1.82, 2.24) is 25.7 Å². The van der Waals surface area contributed by atoms with Gasteiger partial charge in [-0.3, -0.25) is 19.6 Å². The number of hydrogen-bond donors (Lipinski definition) is 3. The summed E-state index contributed by atoms with van der Waals surface area (Å²) in [5, 5.41) is 13.4. The van der Waals surface area contributed by atoms with E-state index in [1.54, 1.807) is 6.92 Å². The summed E-state index contributed by atoms with van der Waals surface area (Å²) in [6.45, 7) is 5.29. The van der Waals surface area contributed by atoms with Gasteiger partial charge in [0.05, 0.1) is 5.52 Å². The molecule has 3 aromatic rings. The second-order valence-electron chi connectivity index (χ2n) is 8.49. The number of aromatic amines is 1. The zero-order valence-corrected chi connectivity index (χ0v) is 18.6. The average molecular weight is 434 g/mol.